The van der Waals surface area contributed by atoms with Crippen molar-refractivity contribution in [1.29, 1.82) is 0 Å². The second-order valence-electron chi connectivity index (χ2n) is 4.84. The highest BCUT2D eigenvalue weighted by Gasteiger charge is 2.12. The van der Waals surface area contributed by atoms with E-state index >= 15 is 0 Å². The zero-order valence-corrected chi connectivity index (χ0v) is 12.2. The Kier molecular flexibility index (Phi) is 4.94. The Labute approximate surface area is 124 Å². The first-order chi connectivity index (χ1) is 10.1. The fourth-order valence-electron chi connectivity index (χ4n) is 1.96. The summed E-state index contributed by atoms with van der Waals surface area (Å²) >= 11 is 0. The van der Waals surface area contributed by atoms with Crippen molar-refractivity contribution in [2.75, 3.05) is 25.5 Å². The molecule has 6 nitrogen and oxygen atoms in total. The predicted molar refractivity (Wildman–Crippen MR) is 81.2 cm³/mol. The van der Waals surface area contributed by atoms with E-state index in [2.05, 4.69) is 10.4 Å². The third kappa shape index (κ3) is 3.82. The van der Waals surface area contributed by atoms with Crippen LogP contribution in [0, 0.1) is 0 Å². The van der Waals surface area contributed by atoms with Crippen LogP contribution in [0.15, 0.2) is 42.6 Å². The number of aliphatic hydroxyl groups excluding tert-OH is 1. The van der Waals surface area contributed by atoms with Gasteiger partial charge in [0, 0.05) is 25.9 Å². The number of amides is 2. The minimum Gasteiger partial charge on any atom is -0.395 e. The quantitative estimate of drug-likeness (QED) is 0.883. The van der Waals surface area contributed by atoms with Crippen LogP contribution in [0.2, 0.25) is 0 Å². The van der Waals surface area contributed by atoms with Crippen LogP contribution in [0.3, 0.4) is 0 Å². The van der Waals surface area contributed by atoms with Gasteiger partial charge in [-0.25, -0.2) is 4.79 Å². The van der Waals surface area contributed by atoms with Crippen molar-refractivity contribution in [3.8, 4) is 0 Å². The van der Waals surface area contributed by atoms with Crippen molar-refractivity contribution >= 4 is 11.8 Å². The van der Waals surface area contributed by atoms with Crippen LogP contribution in [0.25, 0.3) is 0 Å². The van der Waals surface area contributed by atoms with Gasteiger partial charge >= 0.3 is 6.03 Å². The second-order valence-corrected chi connectivity index (χ2v) is 4.84. The van der Waals surface area contributed by atoms with Gasteiger partial charge in [0.05, 0.1) is 12.6 Å². The van der Waals surface area contributed by atoms with Crippen LogP contribution in [-0.4, -0.2) is 46.0 Å². The van der Waals surface area contributed by atoms with Gasteiger partial charge in [-0.3, -0.25) is 10.00 Å². The SMILES string of the molecule is CC(c1ccccc1)n1ccc(NC(=O)N(C)CCO)n1. The van der Waals surface area contributed by atoms with E-state index in [-0.39, 0.29) is 25.2 Å². The van der Waals surface area contributed by atoms with Gasteiger partial charge in [0.2, 0.25) is 0 Å². The molecule has 1 aromatic heterocycles. The first kappa shape index (κ1) is 15.1. The van der Waals surface area contributed by atoms with E-state index in [1.807, 2.05) is 43.5 Å². The molecule has 6 heteroatoms. The molecule has 0 aliphatic heterocycles. The summed E-state index contributed by atoms with van der Waals surface area (Å²) in [5, 5.41) is 15.9. The van der Waals surface area contributed by atoms with E-state index in [1.54, 1.807) is 17.8 Å². The van der Waals surface area contributed by atoms with E-state index in [4.69, 9.17) is 5.11 Å². The van der Waals surface area contributed by atoms with Gasteiger partial charge in [-0.15, -0.1) is 0 Å². The van der Waals surface area contributed by atoms with Crippen molar-refractivity contribution in [2.24, 2.45) is 0 Å². The molecule has 0 aliphatic rings. The summed E-state index contributed by atoms with van der Waals surface area (Å²) < 4.78 is 1.80. The number of carbonyl (C=O) groups excluding carboxylic acids is 1. The number of rotatable bonds is 5. The van der Waals surface area contributed by atoms with Gasteiger partial charge in [0.1, 0.15) is 0 Å². The van der Waals surface area contributed by atoms with E-state index < -0.39 is 0 Å². The van der Waals surface area contributed by atoms with E-state index in [0.29, 0.717) is 5.82 Å². The van der Waals surface area contributed by atoms with Crippen molar-refractivity contribution in [3.05, 3.63) is 48.2 Å². The maximum absolute atomic E-state index is 11.8. The maximum atomic E-state index is 11.8. The standard InChI is InChI=1S/C15H20N4O2/c1-12(13-6-4-3-5-7-13)19-9-8-14(17-19)16-15(21)18(2)10-11-20/h3-9,12,20H,10-11H2,1-2H3,(H,16,17,21). The fraction of sp³-hybridized carbons (Fsp3) is 0.333. The zero-order chi connectivity index (χ0) is 15.2. The van der Waals surface area contributed by atoms with Crippen LogP contribution in [-0.2, 0) is 0 Å². The summed E-state index contributed by atoms with van der Waals surface area (Å²) in [5.41, 5.74) is 1.15. The number of benzene rings is 1. The van der Waals surface area contributed by atoms with Gasteiger partial charge < -0.3 is 10.0 Å². The number of urea groups is 1. The Morgan fingerprint density at radius 1 is 1.38 bits per heavy atom. The highest BCUT2D eigenvalue weighted by molar-refractivity contribution is 5.87. The van der Waals surface area contributed by atoms with Crippen molar-refractivity contribution in [3.63, 3.8) is 0 Å². The summed E-state index contributed by atoms with van der Waals surface area (Å²) in [6, 6.07) is 11.6. The molecule has 0 aliphatic carbocycles. The fourth-order valence-corrected chi connectivity index (χ4v) is 1.96. The lowest BCUT2D eigenvalue weighted by Crippen LogP contribution is -2.33. The average Bonchev–Trinajstić information content (AvgIpc) is 2.96. The average molecular weight is 288 g/mol. The molecule has 0 spiro atoms. The van der Waals surface area contributed by atoms with Crippen molar-refractivity contribution in [2.45, 2.75) is 13.0 Å². The molecule has 0 saturated heterocycles. The molecule has 1 unspecified atom stereocenters. The molecule has 0 bridgehead atoms. The van der Waals surface area contributed by atoms with Crippen LogP contribution in [0.5, 0.6) is 0 Å². The summed E-state index contributed by atoms with van der Waals surface area (Å²) in [6.45, 7) is 2.27. The summed E-state index contributed by atoms with van der Waals surface area (Å²) in [7, 11) is 1.62. The Balaban J connectivity index is 2.03. The predicted octanol–water partition coefficient (Wildman–Crippen LogP) is 1.95. The first-order valence-corrected chi connectivity index (χ1v) is 6.85. The Morgan fingerprint density at radius 2 is 2.10 bits per heavy atom. The summed E-state index contributed by atoms with van der Waals surface area (Å²) in [6.07, 6.45) is 1.83. The number of nitrogens with zero attached hydrogens (tertiary/aromatic N) is 3. The number of nitrogens with one attached hydrogen (secondary N) is 1. The molecule has 1 heterocycles. The van der Waals surface area contributed by atoms with Gasteiger partial charge in [-0.1, -0.05) is 30.3 Å². The number of likely N-dealkylation sites (N-methyl/N-ethyl adjacent to an activating group) is 1. The highest BCUT2D eigenvalue weighted by Crippen LogP contribution is 2.17. The number of anilines is 1. The molecule has 2 rings (SSSR count). The van der Waals surface area contributed by atoms with Gasteiger partial charge in [0.25, 0.3) is 0 Å². The molecular formula is C15H20N4O2. The topological polar surface area (TPSA) is 70.4 Å². The first-order valence-electron chi connectivity index (χ1n) is 6.85. The van der Waals surface area contributed by atoms with Crippen molar-refractivity contribution in [1.82, 2.24) is 14.7 Å². The molecule has 2 amide bonds. The molecule has 0 fully saturated rings. The Morgan fingerprint density at radius 3 is 2.76 bits per heavy atom. The number of aliphatic hydroxyl groups is 1. The number of hydrogen-bond acceptors (Lipinski definition) is 3. The van der Waals surface area contributed by atoms with E-state index in [0.717, 1.165) is 5.56 Å². The molecule has 0 saturated carbocycles. The number of aromatic nitrogens is 2. The zero-order valence-electron chi connectivity index (χ0n) is 12.2. The van der Waals surface area contributed by atoms with Gasteiger partial charge in [-0.2, -0.15) is 5.10 Å². The minimum atomic E-state index is -0.290. The second kappa shape index (κ2) is 6.90. The lowest BCUT2D eigenvalue weighted by atomic mass is 10.1. The van der Waals surface area contributed by atoms with Crippen LogP contribution in [0.1, 0.15) is 18.5 Å². The number of hydrogen-bond donors (Lipinski definition) is 2. The summed E-state index contributed by atoms with van der Waals surface area (Å²) in [5.74, 6) is 0.493. The van der Waals surface area contributed by atoms with Gasteiger partial charge in [-0.05, 0) is 12.5 Å². The lowest BCUT2D eigenvalue weighted by Gasteiger charge is -2.15. The molecule has 1 aromatic carbocycles. The third-order valence-electron chi connectivity index (χ3n) is 3.30. The molecule has 21 heavy (non-hydrogen) atoms. The Hall–Kier alpha value is -2.34. The normalized spacial score (nSPS) is 12.0. The number of carbonyl (C=O) groups is 1. The monoisotopic (exact) mass is 288 g/mol. The van der Waals surface area contributed by atoms with Crippen LogP contribution >= 0.6 is 0 Å². The highest BCUT2D eigenvalue weighted by atomic mass is 16.3. The maximum Gasteiger partial charge on any atom is 0.322 e. The van der Waals surface area contributed by atoms with E-state index in [9.17, 15) is 4.79 Å². The Bertz CT molecular complexity index is 582. The molecule has 0 radical (unpaired) electrons. The molecule has 2 aromatic rings. The summed E-state index contributed by atoms with van der Waals surface area (Å²) in [4.78, 5) is 13.2. The van der Waals surface area contributed by atoms with Crippen LogP contribution in [0.4, 0.5) is 10.6 Å². The molecule has 1 atom stereocenters. The molecular weight excluding hydrogens is 268 g/mol. The third-order valence-corrected chi connectivity index (χ3v) is 3.30. The smallest absolute Gasteiger partial charge is 0.322 e. The minimum absolute atomic E-state index is 0.0661. The lowest BCUT2D eigenvalue weighted by molar-refractivity contribution is 0.202. The molecule has 112 valence electrons. The molecule has 2 N–H and O–H groups in total. The van der Waals surface area contributed by atoms with E-state index in [1.165, 1.54) is 4.90 Å². The van der Waals surface area contributed by atoms with Crippen molar-refractivity contribution < 1.29 is 9.90 Å². The largest absolute Gasteiger partial charge is 0.395 e. The van der Waals surface area contributed by atoms with Crippen LogP contribution < -0.4 is 5.32 Å². The van der Waals surface area contributed by atoms with Gasteiger partial charge in [0.15, 0.2) is 5.82 Å².